The number of benzene rings is 3. The van der Waals surface area contributed by atoms with Gasteiger partial charge in [-0.1, -0.05) is 54.1 Å². The molecule has 2 heterocycles. The number of aromatic nitrogens is 2. The number of halogens is 1. The molecule has 4 aromatic rings. The molecule has 5 rings (SSSR count). The van der Waals surface area contributed by atoms with Crippen molar-refractivity contribution in [2.75, 3.05) is 0 Å². The van der Waals surface area contributed by atoms with Gasteiger partial charge in [-0.2, -0.15) is 17.9 Å². The van der Waals surface area contributed by atoms with Gasteiger partial charge in [0.05, 0.1) is 33.5 Å². The standard InChI is InChI=1S/C23H17ClN4O2S/c24-17-12-10-16(11-13-17)21-14-23(22-15-25-19-8-4-5-9-20(19)26-22)28(27-21)31(29,30)18-6-2-1-3-7-18/h1-13,15,23H,14H2/t23-/m0/s1. The van der Waals surface area contributed by atoms with Crippen LogP contribution < -0.4 is 0 Å². The lowest BCUT2D eigenvalue weighted by Gasteiger charge is -2.22. The van der Waals surface area contributed by atoms with E-state index < -0.39 is 16.1 Å². The average Bonchev–Trinajstić information content (AvgIpc) is 3.26. The SMILES string of the molecule is O=S(=O)(c1ccccc1)N1N=C(c2ccc(Cl)cc2)C[C@H]1c1cnc2ccccc2n1. The largest absolute Gasteiger partial charge is 0.279 e. The molecule has 0 fully saturated rings. The number of hydrogen-bond donors (Lipinski definition) is 0. The molecular formula is C23H17ClN4O2S. The Morgan fingerprint density at radius 1 is 0.871 bits per heavy atom. The van der Waals surface area contributed by atoms with Gasteiger partial charge in [-0.05, 0) is 42.0 Å². The molecule has 0 saturated carbocycles. The first-order chi connectivity index (χ1) is 15.0. The van der Waals surface area contributed by atoms with Gasteiger partial charge < -0.3 is 0 Å². The summed E-state index contributed by atoms with van der Waals surface area (Å²) in [6.07, 6.45) is 2.00. The second-order valence-electron chi connectivity index (χ2n) is 7.15. The molecule has 1 atom stereocenters. The summed E-state index contributed by atoms with van der Waals surface area (Å²) in [6.45, 7) is 0. The Morgan fingerprint density at radius 2 is 1.55 bits per heavy atom. The van der Waals surface area contributed by atoms with E-state index in [0.717, 1.165) is 15.5 Å². The molecule has 6 nitrogen and oxygen atoms in total. The van der Waals surface area contributed by atoms with Crippen LogP contribution in [0.25, 0.3) is 11.0 Å². The van der Waals surface area contributed by atoms with Crippen molar-refractivity contribution in [3.8, 4) is 0 Å². The monoisotopic (exact) mass is 448 g/mol. The van der Waals surface area contributed by atoms with Crippen LogP contribution in [0, 0.1) is 0 Å². The van der Waals surface area contributed by atoms with Crippen molar-refractivity contribution in [3.05, 3.63) is 101 Å². The Balaban J connectivity index is 1.62. The van der Waals surface area contributed by atoms with Crippen LogP contribution in [0.1, 0.15) is 23.7 Å². The molecule has 1 aliphatic rings. The van der Waals surface area contributed by atoms with Gasteiger partial charge in [-0.25, -0.2) is 4.98 Å². The molecule has 8 heteroatoms. The fraction of sp³-hybridized carbons (Fsp3) is 0.0870. The molecule has 0 unspecified atom stereocenters. The number of rotatable bonds is 4. The second-order valence-corrected chi connectivity index (χ2v) is 9.38. The van der Waals surface area contributed by atoms with E-state index in [1.807, 2.05) is 36.4 Å². The zero-order valence-electron chi connectivity index (χ0n) is 16.3. The number of para-hydroxylation sites is 2. The number of nitrogens with zero attached hydrogens (tertiary/aromatic N) is 4. The first-order valence-electron chi connectivity index (χ1n) is 9.67. The molecule has 0 saturated heterocycles. The van der Waals surface area contributed by atoms with Crippen LogP contribution >= 0.6 is 11.6 Å². The van der Waals surface area contributed by atoms with Crippen molar-refractivity contribution in [2.24, 2.45) is 5.10 Å². The molecule has 3 aromatic carbocycles. The van der Waals surface area contributed by atoms with Crippen LogP contribution in [0.4, 0.5) is 0 Å². The number of fused-ring (bicyclic) bond motifs is 1. The Kier molecular flexibility index (Phi) is 4.92. The van der Waals surface area contributed by atoms with Crippen LogP contribution in [0.15, 0.2) is 95.1 Å². The molecule has 31 heavy (non-hydrogen) atoms. The Hall–Kier alpha value is -3.29. The van der Waals surface area contributed by atoms with Crippen molar-refractivity contribution in [1.29, 1.82) is 0 Å². The van der Waals surface area contributed by atoms with Crippen LogP contribution in [-0.2, 0) is 10.0 Å². The molecule has 1 aromatic heterocycles. The molecule has 0 N–H and O–H groups in total. The fourth-order valence-corrected chi connectivity index (χ4v) is 5.15. The van der Waals surface area contributed by atoms with E-state index in [1.165, 1.54) is 0 Å². The minimum Gasteiger partial charge on any atom is -0.253 e. The van der Waals surface area contributed by atoms with Crippen molar-refractivity contribution in [1.82, 2.24) is 14.4 Å². The van der Waals surface area contributed by atoms with Gasteiger partial charge in [0.25, 0.3) is 10.0 Å². The maximum atomic E-state index is 13.5. The molecule has 154 valence electrons. The highest BCUT2D eigenvalue weighted by Gasteiger charge is 2.38. The third-order valence-electron chi connectivity index (χ3n) is 5.15. The summed E-state index contributed by atoms with van der Waals surface area (Å²) in [6, 6.07) is 22.4. The van der Waals surface area contributed by atoms with Gasteiger partial charge in [0, 0.05) is 11.4 Å². The van der Waals surface area contributed by atoms with Gasteiger partial charge in [0.15, 0.2) is 0 Å². The van der Waals surface area contributed by atoms with Crippen molar-refractivity contribution < 1.29 is 8.42 Å². The van der Waals surface area contributed by atoms with E-state index in [-0.39, 0.29) is 4.90 Å². The Bertz CT molecular complexity index is 1390. The highest BCUT2D eigenvalue weighted by atomic mass is 35.5. The zero-order chi connectivity index (χ0) is 21.4. The highest BCUT2D eigenvalue weighted by Crippen LogP contribution is 2.36. The predicted octanol–water partition coefficient (Wildman–Crippen LogP) is 4.82. The maximum Gasteiger partial charge on any atom is 0.279 e. The van der Waals surface area contributed by atoms with Crippen molar-refractivity contribution in [3.63, 3.8) is 0 Å². The normalized spacial score (nSPS) is 16.5. The quantitative estimate of drug-likeness (QED) is 0.448. The minimum absolute atomic E-state index is 0.176. The number of hydrazone groups is 1. The fourth-order valence-electron chi connectivity index (χ4n) is 3.58. The number of sulfonamides is 1. The van der Waals surface area contributed by atoms with Gasteiger partial charge in [0.1, 0.15) is 6.04 Å². The summed E-state index contributed by atoms with van der Waals surface area (Å²) >= 11 is 6.02. The first-order valence-corrected chi connectivity index (χ1v) is 11.5. The third-order valence-corrected chi connectivity index (χ3v) is 7.09. The van der Waals surface area contributed by atoms with Gasteiger partial charge in [-0.15, -0.1) is 0 Å². The molecule has 0 spiro atoms. The summed E-state index contributed by atoms with van der Waals surface area (Å²) in [5.74, 6) is 0. The summed E-state index contributed by atoms with van der Waals surface area (Å²) in [4.78, 5) is 9.34. The lowest BCUT2D eigenvalue weighted by Crippen LogP contribution is -2.28. The van der Waals surface area contributed by atoms with E-state index in [2.05, 4.69) is 10.1 Å². The average molecular weight is 449 g/mol. The van der Waals surface area contributed by atoms with E-state index >= 15 is 0 Å². The Labute approximate surface area is 184 Å². The predicted molar refractivity (Wildman–Crippen MR) is 120 cm³/mol. The molecule has 0 radical (unpaired) electrons. The summed E-state index contributed by atoms with van der Waals surface area (Å²) in [7, 11) is -3.89. The highest BCUT2D eigenvalue weighted by molar-refractivity contribution is 7.89. The molecular weight excluding hydrogens is 432 g/mol. The van der Waals surface area contributed by atoms with Gasteiger partial charge >= 0.3 is 0 Å². The summed E-state index contributed by atoms with van der Waals surface area (Å²) < 4.78 is 28.1. The van der Waals surface area contributed by atoms with Crippen LogP contribution in [0.5, 0.6) is 0 Å². The summed E-state index contributed by atoms with van der Waals surface area (Å²) in [5, 5.41) is 5.13. The number of hydrogen-bond acceptors (Lipinski definition) is 5. The maximum absolute atomic E-state index is 13.5. The molecule has 0 aliphatic carbocycles. The van der Waals surface area contributed by atoms with Crippen LogP contribution in [-0.4, -0.2) is 28.5 Å². The van der Waals surface area contributed by atoms with Crippen LogP contribution in [0.3, 0.4) is 0 Å². The van der Waals surface area contributed by atoms with Gasteiger partial charge in [0.2, 0.25) is 0 Å². The smallest absolute Gasteiger partial charge is 0.253 e. The Morgan fingerprint density at radius 3 is 2.29 bits per heavy atom. The van der Waals surface area contributed by atoms with Gasteiger partial charge in [-0.3, -0.25) is 4.98 Å². The first kappa shape index (κ1) is 19.7. The van der Waals surface area contributed by atoms with E-state index in [1.54, 1.807) is 48.7 Å². The molecule has 0 amide bonds. The van der Waals surface area contributed by atoms with Crippen LogP contribution in [0.2, 0.25) is 5.02 Å². The lowest BCUT2D eigenvalue weighted by atomic mass is 10.0. The molecule has 0 bridgehead atoms. The van der Waals surface area contributed by atoms with E-state index in [4.69, 9.17) is 16.6 Å². The topological polar surface area (TPSA) is 75.5 Å². The van der Waals surface area contributed by atoms with Crippen molar-refractivity contribution >= 4 is 38.4 Å². The minimum atomic E-state index is -3.89. The van der Waals surface area contributed by atoms with Crippen molar-refractivity contribution in [2.45, 2.75) is 17.4 Å². The van der Waals surface area contributed by atoms with E-state index in [9.17, 15) is 8.42 Å². The third kappa shape index (κ3) is 3.66. The molecule has 1 aliphatic heterocycles. The zero-order valence-corrected chi connectivity index (χ0v) is 17.8. The van der Waals surface area contributed by atoms with E-state index in [0.29, 0.717) is 28.4 Å². The second kappa shape index (κ2) is 7.76. The summed E-state index contributed by atoms with van der Waals surface area (Å²) in [5.41, 5.74) is 3.47. The lowest BCUT2D eigenvalue weighted by molar-refractivity contribution is 0.365.